The Morgan fingerprint density at radius 1 is 1.15 bits per heavy atom. The van der Waals surface area contributed by atoms with E-state index in [1.165, 1.54) is 18.2 Å². The summed E-state index contributed by atoms with van der Waals surface area (Å²) < 4.78 is 48.8. The molecule has 10 nitrogen and oxygen atoms in total. The molecule has 5 atom stereocenters. The van der Waals surface area contributed by atoms with Crippen molar-refractivity contribution in [2.24, 2.45) is 11.8 Å². The number of hydrogen-bond donors (Lipinski definition) is 3. The smallest absolute Gasteiger partial charge is 0.416 e. The Balaban J connectivity index is 1.70. The number of rotatable bonds is 17. The molecular formula is C27H36F3NO9. The fraction of sp³-hybridized carbons (Fsp3) is 0.593. The summed E-state index contributed by atoms with van der Waals surface area (Å²) in [4.78, 5) is 25.9. The molecule has 0 amide bonds. The maximum atomic E-state index is 12.8. The summed E-state index contributed by atoms with van der Waals surface area (Å²) in [5, 5.41) is 40.1. The maximum absolute atomic E-state index is 12.8. The molecule has 0 saturated heterocycles. The highest BCUT2D eigenvalue weighted by molar-refractivity contribution is 5.69. The second-order valence-electron chi connectivity index (χ2n) is 9.48. The molecule has 0 aliphatic heterocycles. The van der Waals surface area contributed by atoms with Crippen molar-refractivity contribution < 1.29 is 52.7 Å². The summed E-state index contributed by atoms with van der Waals surface area (Å²) in [6.45, 7) is -0.165. The third-order valence-corrected chi connectivity index (χ3v) is 6.38. The summed E-state index contributed by atoms with van der Waals surface area (Å²) in [5.41, 5.74) is -0.857. The number of benzene rings is 1. The molecule has 0 heterocycles. The van der Waals surface area contributed by atoms with E-state index in [0.29, 0.717) is 32.1 Å². The molecule has 40 heavy (non-hydrogen) atoms. The zero-order valence-electron chi connectivity index (χ0n) is 21.9. The monoisotopic (exact) mass is 575 g/mol. The molecule has 0 aromatic heterocycles. The normalized spacial score (nSPS) is 22.1. The number of alkyl halides is 3. The van der Waals surface area contributed by atoms with Crippen molar-refractivity contribution in [1.29, 1.82) is 0 Å². The first-order valence-electron chi connectivity index (χ1n) is 13.1. The Morgan fingerprint density at radius 3 is 2.62 bits per heavy atom. The predicted molar refractivity (Wildman–Crippen MR) is 136 cm³/mol. The van der Waals surface area contributed by atoms with E-state index in [1.807, 2.05) is 12.2 Å². The van der Waals surface area contributed by atoms with Gasteiger partial charge in [-0.3, -0.25) is 4.79 Å². The number of carbonyl (C=O) groups excluding carboxylic acids is 1. The van der Waals surface area contributed by atoms with Gasteiger partial charge in [-0.05, 0) is 56.2 Å². The number of halogens is 3. The molecule has 2 rings (SSSR count). The van der Waals surface area contributed by atoms with Crippen LogP contribution in [0, 0.1) is 22.0 Å². The van der Waals surface area contributed by atoms with Gasteiger partial charge in [0.05, 0.1) is 31.0 Å². The molecule has 0 bridgehead atoms. The van der Waals surface area contributed by atoms with Gasteiger partial charge in [-0.15, -0.1) is 10.1 Å². The van der Waals surface area contributed by atoms with Crippen molar-refractivity contribution in [3.63, 3.8) is 0 Å². The molecule has 1 aliphatic rings. The minimum Gasteiger partial charge on any atom is -0.491 e. The lowest BCUT2D eigenvalue weighted by molar-refractivity contribution is -0.757. The lowest BCUT2D eigenvalue weighted by atomic mass is 9.89. The highest BCUT2D eigenvalue weighted by atomic mass is 19.4. The molecular weight excluding hydrogens is 539 g/mol. The minimum atomic E-state index is -4.51. The molecule has 0 unspecified atom stereocenters. The van der Waals surface area contributed by atoms with Crippen LogP contribution in [0.4, 0.5) is 13.2 Å². The lowest BCUT2D eigenvalue weighted by Crippen LogP contribution is -2.21. The van der Waals surface area contributed by atoms with Crippen molar-refractivity contribution in [2.45, 2.75) is 69.4 Å². The molecule has 1 aliphatic carbocycles. The fourth-order valence-corrected chi connectivity index (χ4v) is 4.30. The predicted octanol–water partition coefficient (Wildman–Crippen LogP) is 4.01. The van der Waals surface area contributed by atoms with Crippen LogP contribution in [0.15, 0.2) is 48.6 Å². The fourth-order valence-electron chi connectivity index (χ4n) is 4.30. The van der Waals surface area contributed by atoms with Crippen LogP contribution in [0.2, 0.25) is 0 Å². The van der Waals surface area contributed by atoms with E-state index < -0.39 is 41.1 Å². The third kappa shape index (κ3) is 12.3. The number of aliphatic hydroxyl groups excluding tert-OH is 3. The van der Waals surface area contributed by atoms with Gasteiger partial charge in [0, 0.05) is 18.8 Å². The van der Waals surface area contributed by atoms with Gasteiger partial charge in [0.1, 0.15) is 18.5 Å². The van der Waals surface area contributed by atoms with Gasteiger partial charge in [-0.2, -0.15) is 13.2 Å². The first-order chi connectivity index (χ1) is 19.0. The summed E-state index contributed by atoms with van der Waals surface area (Å²) >= 11 is 0. The Hall–Kier alpha value is -3.16. The molecule has 1 saturated carbocycles. The van der Waals surface area contributed by atoms with Crippen molar-refractivity contribution in [2.75, 3.05) is 19.8 Å². The Morgan fingerprint density at radius 2 is 1.90 bits per heavy atom. The summed E-state index contributed by atoms with van der Waals surface area (Å²) in [5.74, 6) is -1.13. The number of allylic oxidation sites excluding steroid dienone is 2. The number of esters is 1. The third-order valence-electron chi connectivity index (χ3n) is 6.38. The zero-order chi connectivity index (χ0) is 29.5. The van der Waals surface area contributed by atoms with E-state index in [-0.39, 0.29) is 50.3 Å². The van der Waals surface area contributed by atoms with Crippen LogP contribution in [0.3, 0.4) is 0 Å². The van der Waals surface area contributed by atoms with Gasteiger partial charge in [0.2, 0.25) is 0 Å². The first kappa shape index (κ1) is 33.0. The van der Waals surface area contributed by atoms with Gasteiger partial charge < -0.3 is 29.6 Å². The van der Waals surface area contributed by atoms with Gasteiger partial charge >= 0.3 is 12.1 Å². The first-order valence-corrected chi connectivity index (χ1v) is 13.1. The maximum Gasteiger partial charge on any atom is 0.416 e. The Bertz CT molecular complexity index is 986. The number of ether oxygens (including phenoxy) is 2. The highest BCUT2D eigenvalue weighted by Gasteiger charge is 2.39. The summed E-state index contributed by atoms with van der Waals surface area (Å²) in [6, 6.07) is 4.34. The van der Waals surface area contributed by atoms with Gasteiger partial charge in [-0.25, -0.2) is 0 Å². The molecule has 13 heteroatoms. The van der Waals surface area contributed by atoms with Crippen LogP contribution < -0.4 is 4.74 Å². The Kier molecular flexibility index (Phi) is 13.9. The standard InChI is InChI=1S/C27H36F3NO9/c28-27(29,30)19-8-7-9-21(16-19)39-18-20(32)12-13-23-22(24(33)17-25(23)34)10-3-1-2-4-11-26(35)38-14-5-6-15-40-31(36)37/h1,3,7-9,12-13,16,20,22-25,32-34H,2,4-6,10-11,14-15,17-18H2/b3-1-,13-12+/t20-,22-,23-,24+,25-/m1/s1. The van der Waals surface area contributed by atoms with E-state index in [4.69, 9.17) is 9.47 Å². The molecule has 224 valence electrons. The van der Waals surface area contributed by atoms with Crippen LogP contribution in [0.25, 0.3) is 0 Å². The van der Waals surface area contributed by atoms with E-state index in [0.717, 1.165) is 12.1 Å². The number of unbranched alkanes of at least 4 members (excludes halogenated alkanes) is 2. The number of hydrogen-bond acceptors (Lipinski definition) is 9. The number of nitrogens with zero attached hydrogens (tertiary/aromatic N) is 1. The number of carbonyl (C=O) groups is 1. The van der Waals surface area contributed by atoms with Crippen LogP contribution in [-0.4, -0.2) is 64.5 Å². The van der Waals surface area contributed by atoms with E-state index >= 15 is 0 Å². The second kappa shape index (κ2) is 16.8. The van der Waals surface area contributed by atoms with E-state index in [9.17, 15) is 43.4 Å². The molecule has 1 aromatic carbocycles. The van der Waals surface area contributed by atoms with Crippen molar-refractivity contribution in [3.05, 3.63) is 64.2 Å². The van der Waals surface area contributed by atoms with Crippen LogP contribution in [0.1, 0.15) is 50.5 Å². The second-order valence-corrected chi connectivity index (χ2v) is 9.48. The van der Waals surface area contributed by atoms with Crippen LogP contribution in [0.5, 0.6) is 5.75 Å². The minimum absolute atomic E-state index is 0.0322. The number of aliphatic hydroxyl groups is 3. The molecule has 0 spiro atoms. The van der Waals surface area contributed by atoms with E-state index in [1.54, 1.807) is 6.08 Å². The van der Waals surface area contributed by atoms with E-state index in [2.05, 4.69) is 4.84 Å². The highest BCUT2D eigenvalue weighted by Crippen LogP contribution is 2.36. The molecule has 3 N–H and O–H groups in total. The zero-order valence-corrected chi connectivity index (χ0v) is 21.9. The molecule has 1 aromatic rings. The van der Waals surface area contributed by atoms with Gasteiger partial charge in [-0.1, -0.05) is 30.4 Å². The van der Waals surface area contributed by atoms with Crippen LogP contribution in [-0.2, 0) is 20.5 Å². The van der Waals surface area contributed by atoms with Gasteiger partial charge in [0.15, 0.2) is 0 Å². The molecule has 0 radical (unpaired) electrons. The average Bonchev–Trinajstić information content (AvgIpc) is 3.16. The largest absolute Gasteiger partial charge is 0.491 e. The topological polar surface area (TPSA) is 149 Å². The summed E-state index contributed by atoms with van der Waals surface area (Å²) in [6.07, 6.45) is 2.39. The lowest BCUT2D eigenvalue weighted by Gasteiger charge is -2.19. The molecule has 1 fully saturated rings. The average molecular weight is 576 g/mol. The van der Waals surface area contributed by atoms with Crippen molar-refractivity contribution in [3.8, 4) is 5.75 Å². The van der Waals surface area contributed by atoms with Gasteiger partial charge in [0.25, 0.3) is 5.09 Å². The quantitative estimate of drug-likeness (QED) is 0.0824. The Labute approximate surface area is 230 Å². The van der Waals surface area contributed by atoms with Crippen molar-refractivity contribution >= 4 is 5.97 Å². The van der Waals surface area contributed by atoms with Crippen molar-refractivity contribution in [1.82, 2.24) is 0 Å². The van der Waals surface area contributed by atoms with Crippen LogP contribution >= 0.6 is 0 Å². The SMILES string of the molecule is O=C(CCC/C=C\C[C@@H]1[C@@H](/C=C/[C@@H](O)COc2cccc(C(F)(F)F)c2)[C@H](O)C[C@@H]1O)OCCCCO[N+](=O)[O-]. The summed E-state index contributed by atoms with van der Waals surface area (Å²) in [7, 11) is 0.